The van der Waals surface area contributed by atoms with Crippen molar-refractivity contribution in [1.82, 2.24) is 9.62 Å². The third-order valence-corrected chi connectivity index (χ3v) is 4.92. The first kappa shape index (κ1) is 14.4. The predicted octanol–water partition coefficient (Wildman–Crippen LogP) is -0.734. The molecule has 0 bridgehead atoms. The number of rotatable bonds is 6. The maximum Gasteiger partial charge on any atom is 0.238 e. The second-order valence-electron chi connectivity index (χ2n) is 4.19. The number of carbonyl (C=O) groups is 1. The molecule has 17 heavy (non-hydrogen) atoms. The van der Waals surface area contributed by atoms with Crippen molar-refractivity contribution < 1.29 is 13.2 Å². The van der Waals surface area contributed by atoms with E-state index in [4.69, 9.17) is 5.73 Å². The number of nitrogens with two attached hydrogens (primary N) is 1. The maximum atomic E-state index is 12.0. The number of amides is 1. The van der Waals surface area contributed by atoms with Crippen LogP contribution in [0.15, 0.2) is 0 Å². The molecule has 1 heterocycles. The normalized spacial score (nSPS) is 21.6. The molecular formula is C10H21N3O3S. The summed E-state index contributed by atoms with van der Waals surface area (Å²) in [6, 6.07) is -0.525. The zero-order valence-electron chi connectivity index (χ0n) is 10.2. The van der Waals surface area contributed by atoms with Gasteiger partial charge in [-0.2, -0.15) is 4.31 Å². The Bertz CT molecular complexity index is 356. The van der Waals surface area contributed by atoms with E-state index in [1.54, 1.807) is 0 Å². The zero-order valence-corrected chi connectivity index (χ0v) is 11.0. The lowest BCUT2D eigenvalue weighted by Gasteiger charge is -2.22. The number of nitrogens with one attached hydrogen (secondary N) is 1. The van der Waals surface area contributed by atoms with Gasteiger partial charge in [0.25, 0.3) is 0 Å². The minimum absolute atomic E-state index is 0.0810. The highest BCUT2D eigenvalue weighted by molar-refractivity contribution is 7.89. The Morgan fingerprint density at radius 3 is 2.76 bits per heavy atom. The molecule has 3 N–H and O–H groups in total. The van der Waals surface area contributed by atoms with Crippen LogP contribution in [0.5, 0.6) is 0 Å². The van der Waals surface area contributed by atoms with Gasteiger partial charge in [0.05, 0.1) is 5.75 Å². The highest BCUT2D eigenvalue weighted by Crippen LogP contribution is 2.22. The first-order valence-electron chi connectivity index (χ1n) is 5.94. The van der Waals surface area contributed by atoms with Gasteiger partial charge in [0.2, 0.25) is 15.9 Å². The van der Waals surface area contributed by atoms with Gasteiger partial charge in [-0.05, 0) is 32.2 Å². The molecule has 0 aliphatic carbocycles. The van der Waals surface area contributed by atoms with Crippen molar-refractivity contribution in [3.8, 4) is 0 Å². The summed E-state index contributed by atoms with van der Waals surface area (Å²) in [5.41, 5.74) is 5.34. The monoisotopic (exact) mass is 263 g/mol. The van der Waals surface area contributed by atoms with Crippen LogP contribution in [0.25, 0.3) is 0 Å². The van der Waals surface area contributed by atoms with Crippen LogP contribution >= 0.6 is 0 Å². The molecule has 1 atom stereocenters. The molecule has 1 aliphatic rings. The SMILES string of the molecule is CNC(=O)C1CCCN1S(=O)(=O)CCCCN. The van der Waals surface area contributed by atoms with Crippen LogP contribution in [0, 0.1) is 0 Å². The third kappa shape index (κ3) is 3.65. The lowest BCUT2D eigenvalue weighted by atomic mass is 10.2. The van der Waals surface area contributed by atoms with E-state index < -0.39 is 16.1 Å². The van der Waals surface area contributed by atoms with E-state index in [-0.39, 0.29) is 11.7 Å². The van der Waals surface area contributed by atoms with E-state index in [0.717, 1.165) is 6.42 Å². The Kier molecular flexibility index (Phi) is 5.35. The molecule has 0 aromatic carbocycles. The van der Waals surface area contributed by atoms with Crippen LogP contribution in [0.3, 0.4) is 0 Å². The summed E-state index contributed by atoms with van der Waals surface area (Å²) >= 11 is 0. The standard InChI is InChI=1S/C10H21N3O3S/c1-12-10(14)9-5-4-7-13(9)17(15,16)8-3-2-6-11/h9H,2-8,11H2,1H3,(H,12,14). The molecule has 6 nitrogen and oxygen atoms in total. The molecule has 0 aromatic heterocycles. The van der Waals surface area contributed by atoms with Gasteiger partial charge in [0, 0.05) is 13.6 Å². The van der Waals surface area contributed by atoms with Gasteiger partial charge in [-0.15, -0.1) is 0 Å². The molecule has 0 saturated carbocycles. The van der Waals surface area contributed by atoms with Crippen LogP contribution in [-0.4, -0.2) is 50.6 Å². The topological polar surface area (TPSA) is 92.5 Å². The van der Waals surface area contributed by atoms with E-state index in [0.29, 0.717) is 32.4 Å². The molecule has 100 valence electrons. The molecule has 1 saturated heterocycles. The molecule has 1 unspecified atom stereocenters. The Hall–Kier alpha value is -0.660. The summed E-state index contributed by atoms with van der Waals surface area (Å²) in [5.74, 6) is -0.137. The van der Waals surface area contributed by atoms with Gasteiger partial charge in [0.15, 0.2) is 0 Å². The van der Waals surface area contributed by atoms with Gasteiger partial charge in [0.1, 0.15) is 6.04 Å². The highest BCUT2D eigenvalue weighted by atomic mass is 32.2. The first-order valence-corrected chi connectivity index (χ1v) is 7.55. The Morgan fingerprint density at radius 2 is 2.18 bits per heavy atom. The molecule has 1 amide bonds. The molecule has 7 heteroatoms. The van der Waals surface area contributed by atoms with Crippen LogP contribution in [0.1, 0.15) is 25.7 Å². The fourth-order valence-corrected chi connectivity index (χ4v) is 3.85. The van der Waals surface area contributed by atoms with Gasteiger partial charge in [-0.25, -0.2) is 8.42 Å². The fourth-order valence-electron chi connectivity index (χ4n) is 2.05. The lowest BCUT2D eigenvalue weighted by Crippen LogP contribution is -2.45. The smallest absolute Gasteiger partial charge is 0.238 e. The molecule has 0 radical (unpaired) electrons. The van der Waals surface area contributed by atoms with E-state index in [1.807, 2.05) is 0 Å². The third-order valence-electron chi connectivity index (χ3n) is 2.97. The summed E-state index contributed by atoms with van der Waals surface area (Å²) in [5, 5.41) is 2.51. The van der Waals surface area contributed by atoms with Crippen LogP contribution in [-0.2, 0) is 14.8 Å². The first-order chi connectivity index (χ1) is 8.03. The summed E-state index contributed by atoms with van der Waals surface area (Å²) in [4.78, 5) is 11.6. The van der Waals surface area contributed by atoms with E-state index in [9.17, 15) is 13.2 Å². The number of likely N-dealkylation sites (N-methyl/N-ethyl adjacent to an activating group) is 1. The Morgan fingerprint density at radius 1 is 1.47 bits per heavy atom. The van der Waals surface area contributed by atoms with Crippen LogP contribution in [0.4, 0.5) is 0 Å². The summed E-state index contributed by atoms with van der Waals surface area (Å²) < 4.78 is 25.4. The quantitative estimate of drug-likeness (QED) is 0.618. The van der Waals surface area contributed by atoms with Crippen molar-refractivity contribution in [2.24, 2.45) is 5.73 Å². The minimum atomic E-state index is -3.32. The average molecular weight is 263 g/mol. The number of carbonyl (C=O) groups excluding carboxylic acids is 1. The van der Waals surface area contributed by atoms with Crippen LogP contribution in [0.2, 0.25) is 0 Å². The number of sulfonamides is 1. The second kappa shape index (κ2) is 6.32. The van der Waals surface area contributed by atoms with Crippen molar-refractivity contribution in [3.63, 3.8) is 0 Å². The Labute approximate surface area is 103 Å². The number of nitrogens with zero attached hydrogens (tertiary/aromatic N) is 1. The van der Waals surface area contributed by atoms with Crippen molar-refractivity contribution >= 4 is 15.9 Å². The van der Waals surface area contributed by atoms with Gasteiger partial charge >= 0.3 is 0 Å². The van der Waals surface area contributed by atoms with E-state index in [1.165, 1.54) is 11.4 Å². The van der Waals surface area contributed by atoms with Gasteiger partial charge < -0.3 is 11.1 Å². The molecule has 1 aliphatic heterocycles. The lowest BCUT2D eigenvalue weighted by molar-refractivity contribution is -0.123. The van der Waals surface area contributed by atoms with Crippen molar-refractivity contribution in [3.05, 3.63) is 0 Å². The number of hydrogen-bond acceptors (Lipinski definition) is 4. The molecule has 1 fully saturated rings. The van der Waals surface area contributed by atoms with E-state index >= 15 is 0 Å². The fraction of sp³-hybridized carbons (Fsp3) is 0.900. The van der Waals surface area contributed by atoms with Crippen molar-refractivity contribution in [2.45, 2.75) is 31.7 Å². The summed E-state index contributed by atoms with van der Waals surface area (Å²) in [6.45, 7) is 0.942. The number of hydrogen-bond donors (Lipinski definition) is 2. The molecule has 0 spiro atoms. The van der Waals surface area contributed by atoms with Crippen molar-refractivity contribution in [2.75, 3.05) is 25.9 Å². The summed E-state index contributed by atoms with van der Waals surface area (Å²) in [6.07, 6.45) is 2.59. The van der Waals surface area contributed by atoms with E-state index in [2.05, 4.69) is 5.32 Å². The largest absolute Gasteiger partial charge is 0.358 e. The average Bonchev–Trinajstić information content (AvgIpc) is 2.78. The minimum Gasteiger partial charge on any atom is -0.358 e. The number of unbranched alkanes of at least 4 members (excludes halogenated alkanes) is 1. The Balaban J connectivity index is 2.66. The highest BCUT2D eigenvalue weighted by Gasteiger charge is 2.37. The molecule has 0 aromatic rings. The maximum absolute atomic E-state index is 12.0. The van der Waals surface area contributed by atoms with Gasteiger partial charge in [-0.3, -0.25) is 4.79 Å². The second-order valence-corrected chi connectivity index (χ2v) is 6.24. The van der Waals surface area contributed by atoms with Crippen molar-refractivity contribution in [1.29, 1.82) is 0 Å². The van der Waals surface area contributed by atoms with Gasteiger partial charge in [-0.1, -0.05) is 0 Å². The summed E-state index contributed by atoms with van der Waals surface area (Å²) in [7, 11) is -1.79. The zero-order chi connectivity index (χ0) is 12.9. The predicted molar refractivity (Wildman–Crippen MR) is 65.9 cm³/mol. The van der Waals surface area contributed by atoms with Crippen LogP contribution < -0.4 is 11.1 Å². The molecule has 1 rings (SSSR count). The molecular weight excluding hydrogens is 242 g/mol.